The summed E-state index contributed by atoms with van der Waals surface area (Å²) in [6, 6.07) is 6.99. The maximum Gasteiger partial charge on any atom is 0.309 e. The summed E-state index contributed by atoms with van der Waals surface area (Å²) in [6.07, 6.45) is 5.75. The van der Waals surface area contributed by atoms with Gasteiger partial charge in [-0.1, -0.05) is 30.9 Å². The Kier molecular flexibility index (Phi) is 7.53. The molecule has 1 saturated carbocycles. The van der Waals surface area contributed by atoms with Crippen LogP contribution < -0.4 is 5.32 Å². The third kappa shape index (κ3) is 5.95. The predicted octanol–water partition coefficient (Wildman–Crippen LogP) is 3.57. The zero-order chi connectivity index (χ0) is 20.8. The predicted molar refractivity (Wildman–Crippen MR) is 111 cm³/mol. The van der Waals surface area contributed by atoms with Gasteiger partial charge in [-0.05, 0) is 56.9 Å². The van der Waals surface area contributed by atoms with Gasteiger partial charge in [0.25, 0.3) is 11.8 Å². The van der Waals surface area contributed by atoms with Crippen LogP contribution in [0.4, 0.5) is 0 Å². The highest BCUT2D eigenvalue weighted by Gasteiger charge is 2.31. The Bertz CT molecular complexity index is 723. The summed E-state index contributed by atoms with van der Waals surface area (Å²) < 4.78 is 5.42. The van der Waals surface area contributed by atoms with Crippen LogP contribution in [0.3, 0.4) is 0 Å². The average Bonchev–Trinajstić information content (AvgIpc) is 2.74. The van der Waals surface area contributed by atoms with Gasteiger partial charge in [0, 0.05) is 29.7 Å². The standard InChI is InChI=1S/C22H29ClN2O4/c1-15(20(26)24-19-5-3-2-4-6-19)29-22(28)17-11-13-25(14-12-17)21(27)16-7-9-18(23)10-8-16/h7-10,15,17,19H,2-6,11-14H2,1H3,(H,24,26). The number of nitrogens with one attached hydrogen (secondary N) is 1. The second-order valence-corrected chi connectivity index (χ2v) is 8.43. The van der Waals surface area contributed by atoms with E-state index in [1.165, 1.54) is 6.42 Å². The Morgan fingerprint density at radius 1 is 1.03 bits per heavy atom. The molecular weight excluding hydrogens is 392 g/mol. The van der Waals surface area contributed by atoms with Gasteiger partial charge in [0.15, 0.2) is 6.10 Å². The monoisotopic (exact) mass is 420 g/mol. The van der Waals surface area contributed by atoms with E-state index in [1.54, 1.807) is 36.1 Å². The van der Waals surface area contributed by atoms with Crippen LogP contribution in [0.2, 0.25) is 5.02 Å². The van der Waals surface area contributed by atoms with E-state index in [0.29, 0.717) is 36.5 Å². The first-order chi connectivity index (χ1) is 13.9. The number of ether oxygens (including phenoxy) is 1. The van der Waals surface area contributed by atoms with E-state index >= 15 is 0 Å². The lowest BCUT2D eigenvalue weighted by molar-refractivity contribution is -0.160. The quantitative estimate of drug-likeness (QED) is 0.739. The molecule has 2 amide bonds. The van der Waals surface area contributed by atoms with Crippen molar-refractivity contribution in [1.29, 1.82) is 0 Å². The summed E-state index contributed by atoms with van der Waals surface area (Å²) >= 11 is 5.87. The molecule has 0 bridgehead atoms. The number of likely N-dealkylation sites (tertiary alicyclic amines) is 1. The van der Waals surface area contributed by atoms with Crippen LogP contribution in [0.25, 0.3) is 0 Å². The van der Waals surface area contributed by atoms with Gasteiger partial charge in [-0.2, -0.15) is 0 Å². The smallest absolute Gasteiger partial charge is 0.309 e. The van der Waals surface area contributed by atoms with Gasteiger partial charge in [-0.15, -0.1) is 0 Å². The molecule has 2 aliphatic rings. The van der Waals surface area contributed by atoms with Crippen LogP contribution in [0.5, 0.6) is 0 Å². The molecule has 0 aromatic heterocycles. The van der Waals surface area contributed by atoms with Crippen molar-refractivity contribution < 1.29 is 19.1 Å². The molecule has 1 aromatic carbocycles. The molecule has 158 valence electrons. The molecule has 1 aliphatic carbocycles. The molecule has 2 fully saturated rings. The lowest BCUT2D eigenvalue weighted by Gasteiger charge is -2.31. The van der Waals surface area contributed by atoms with Gasteiger partial charge >= 0.3 is 5.97 Å². The first kappa shape index (κ1) is 21.6. The highest BCUT2D eigenvalue weighted by molar-refractivity contribution is 6.30. The van der Waals surface area contributed by atoms with Crippen molar-refractivity contribution in [2.45, 2.75) is 64.0 Å². The number of carbonyl (C=O) groups is 3. The second kappa shape index (κ2) is 10.1. The lowest BCUT2D eigenvalue weighted by Crippen LogP contribution is -2.44. The van der Waals surface area contributed by atoms with E-state index in [0.717, 1.165) is 25.7 Å². The van der Waals surface area contributed by atoms with Gasteiger partial charge in [0.2, 0.25) is 0 Å². The molecule has 6 nitrogen and oxygen atoms in total. The molecule has 0 spiro atoms. The largest absolute Gasteiger partial charge is 0.452 e. The van der Waals surface area contributed by atoms with E-state index in [2.05, 4.69) is 5.32 Å². The summed E-state index contributed by atoms with van der Waals surface area (Å²) in [6.45, 7) is 2.60. The van der Waals surface area contributed by atoms with Crippen LogP contribution in [0.15, 0.2) is 24.3 Å². The van der Waals surface area contributed by atoms with Gasteiger partial charge in [0.1, 0.15) is 0 Å². The molecule has 7 heteroatoms. The molecule has 3 rings (SSSR count). The highest BCUT2D eigenvalue weighted by Crippen LogP contribution is 2.22. The van der Waals surface area contributed by atoms with E-state index in [9.17, 15) is 14.4 Å². The molecule has 0 radical (unpaired) electrons. The van der Waals surface area contributed by atoms with Crippen molar-refractivity contribution in [3.63, 3.8) is 0 Å². The highest BCUT2D eigenvalue weighted by atomic mass is 35.5. The molecular formula is C22H29ClN2O4. The molecule has 1 aliphatic heterocycles. The molecule has 1 saturated heterocycles. The topological polar surface area (TPSA) is 75.7 Å². The maximum atomic E-state index is 12.6. The molecule has 1 unspecified atom stereocenters. The average molecular weight is 421 g/mol. The third-order valence-corrected chi connectivity index (χ3v) is 6.07. The molecule has 29 heavy (non-hydrogen) atoms. The number of halogens is 1. The number of hydrogen-bond donors (Lipinski definition) is 1. The zero-order valence-corrected chi connectivity index (χ0v) is 17.6. The Labute approximate surface area is 176 Å². The first-order valence-corrected chi connectivity index (χ1v) is 10.9. The molecule has 1 N–H and O–H groups in total. The van der Waals surface area contributed by atoms with Crippen LogP contribution in [-0.2, 0) is 14.3 Å². The fraction of sp³-hybridized carbons (Fsp3) is 0.591. The number of amides is 2. The Morgan fingerprint density at radius 2 is 1.66 bits per heavy atom. The Hall–Kier alpha value is -2.08. The van der Waals surface area contributed by atoms with Crippen molar-refractivity contribution in [3.05, 3.63) is 34.9 Å². The zero-order valence-electron chi connectivity index (χ0n) is 16.9. The summed E-state index contributed by atoms with van der Waals surface area (Å²) in [4.78, 5) is 39.1. The number of rotatable bonds is 5. The Balaban J connectivity index is 1.43. The van der Waals surface area contributed by atoms with Gasteiger partial charge in [-0.3, -0.25) is 14.4 Å². The van der Waals surface area contributed by atoms with Crippen LogP contribution >= 0.6 is 11.6 Å². The molecule has 1 heterocycles. The summed E-state index contributed by atoms with van der Waals surface area (Å²) in [5.74, 6) is -0.918. The minimum absolute atomic E-state index is 0.0614. The normalized spacial score (nSPS) is 19.4. The number of nitrogens with zero attached hydrogens (tertiary/aromatic N) is 1. The van der Waals surface area contributed by atoms with E-state index in [4.69, 9.17) is 16.3 Å². The Morgan fingerprint density at radius 3 is 2.28 bits per heavy atom. The van der Waals surface area contributed by atoms with Crippen molar-refractivity contribution >= 4 is 29.4 Å². The summed E-state index contributed by atoms with van der Waals surface area (Å²) in [5.41, 5.74) is 0.587. The molecule has 1 aromatic rings. The maximum absolute atomic E-state index is 12.6. The number of carbonyl (C=O) groups excluding carboxylic acids is 3. The van der Waals surface area contributed by atoms with E-state index in [1.807, 2.05) is 0 Å². The van der Waals surface area contributed by atoms with Crippen LogP contribution in [0.1, 0.15) is 62.2 Å². The van der Waals surface area contributed by atoms with Gasteiger partial charge in [0.05, 0.1) is 5.92 Å². The van der Waals surface area contributed by atoms with Crippen LogP contribution in [-0.4, -0.2) is 47.9 Å². The SMILES string of the molecule is CC(OC(=O)C1CCN(C(=O)c2ccc(Cl)cc2)CC1)C(=O)NC1CCCCC1. The van der Waals surface area contributed by atoms with Crippen molar-refractivity contribution in [1.82, 2.24) is 10.2 Å². The number of esters is 1. The van der Waals surface area contributed by atoms with E-state index in [-0.39, 0.29) is 29.7 Å². The minimum atomic E-state index is -0.793. The summed E-state index contributed by atoms with van der Waals surface area (Å²) in [7, 11) is 0. The fourth-order valence-corrected chi connectivity index (χ4v) is 4.11. The van der Waals surface area contributed by atoms with E-state index < -0.39 is 6.10 Å². The van der Waals surface area contributed by atoms with Gasteiger partial charge < -0.3 is 15.0 Å². The van der Waals surface area contributed by atoms with Crippen molar-refractivity contribution in [2.75, 3.05) is 13.1 Å². The number of piperidine rings is 1. The van der Waals surface area contributed by atoms with Crippen molar-refractivity contribution in [2.24, 2.45) is 5.92 Å². The molecule has 1 atom stereocenters. The fourth-order valence-electron chi connectivity index (χ4n) is 3.98. The summed E-state index contributed by atoms with van der Waals surface area (Å²) in [5, 5.41) is 3.58. The van der Waals surface area contributed by atoms with Gasteiger partial charge in [-0.25, -0.2) is 0 Å². The van der Waals surface area contributed by atoms with Crippen LogP contribution in [0, 0.1) is 5.92 Å². The third-order valence-electron chi connectivity index (χ3n) is 5.82. The minimum Gasteiger partial charge on any atom is -0.452 e. The number of hydrogen-bond acceptors (Lipinski definition) is 4. The second-order valence-electron chi connectivity index (χ2n) is 8.00. The van der Waals surface area contributed by atoms with Crippen molar-refractivity contribution in [3.8, 4) is 0 Å². The first-order valence-electron chi connectivity index (χ1n) is 10.5. The lowest BCUT2D eigenvalue weighted by atomic mass is 9.95. The number of benzene rings is 1.